The molecular formula is C22H21ClN4O4. The van der Waals surface area contributed by atoms with Crippen LogP contribution in [0.25, 0.3) is 22.2 Å². The predicted molar refractivity (Wildman–Crippen MR) is 118 cm³/mol. The van der Waals surface area contributed by atoms with Gasteiger partial charge in [0.2, 0.25) is 0 Å². The minimum atomic E-state index is -1.16. The number of nitrogens with zero attached hydrogens (tertiary/aromatic N) is 1. The number of amides is 3. The topological polar surface area (TPSA) is 134 Å². The van der Waals surface area contributed by atoms with E-state index in [-0.39, 0.29) is 13.0 Å². The summed E-state index contributed by atoms with van der Waals surface area (Å²) >= 11 is 5.96. The quantitative estimate of drug-likeness (QED) is 0.399. The van der Waals surface area contributed by atoms with Crippen molar-refractivity contribution >= 4 is 40.4 Å². The van der Waals surface area contributed by atoms with Crippen molar-refractivity contribution in [2.75, 3.05) is 6.54 Å². The van der Waals surface area contributed by atoms with Crippen molar-refractivity contribution in [1.29, 1.82) is 0 Å². The van der Waals surface area contributed by atoms with Crippen LogP contribution in [0.15, 0.2) is 54.6 Å². The summed E-state index contributed by atoms with van der Waals surface area (Å²) < 4.78 is 0. The predicted octanol–water partition coefficient (Wildman–Crippen LogP) is 3.19. The lowest BCUT2D eigenvalue weighted by atomic mass is 10.0. The van der Waals surface area contributed by atoms with Gasteiger partial charge in [0.15, 0.2) is 0 Å². The molecule has 0 saturated heterocycles. The highest BCUT2D eigenvalue weighted by molar-refractivity contribution is 6.30. The van der Waals surface area contributed by atoms with E-state index in [0.717, 1.165) is 5.56 Å². The fraction of sp³-hybridized carbons (Fsp3) is 0.182. The lowest BCUT2D eigenvalue weighted by Gasteiger charge is -2.16. The summed E-state index contributed by atoms with van der Waals surface area (Å²) in [6.07, 6.45) is 0.474. The summed E-state index contributed by atoms with van der Waals surface area (Å²) in [5.41, 5.74) is 7.27. The molecule has 0 aliphatic carbocycles. The van der Waals surface area contributed by atoms with Crippen molar-refractivity contribution in [2.45, 2.75) is 18.9 Å². The monoisotopic (exact) mass is 440 g/mol. The Labute approximate surface area is 183 Å². The molecule has 0 unspecified atom stereocenters. The summed E-state index contributed by atoms with van der Waals surface area (Å²) in [6, 6.07) is 14.0. The molecule has 1 atom stereocenters. The van der Waals surface area contributed by atoms with Gasteiger partial charge in [0.1, 0.15) is 6.04 Å². The Morgan fingerprint density at radius 1 is 1.10 bits per heavy atom. The van der Waals surface area contributed by atoms with Crippen LogP contribution in [-0.4, -0.2) is 40.6 Å². The van der Waals surface area contributed by atoms with Crippen LogP contribution in [0, 0.1) is 0 Å². The van der Waals surface area contributed by atoms with Crippen molar-refractivity contribution in [3.05, 3.63) is 65.2 Å². The highest BCUT2D eigenvalue weighted by Gasteiger charge is 2.22. The van der Waals surface area contributed by atoms with Gasteiger partial charge in [-0.1, -0.05) is 41.9 Å². The fourth-order valence-corrected chi connectivity index (χ4v) is 3.27. The summed E-state index contributed by atoms with van der Waals surface area (Å²) in [5.74, 6) is -1.69. The number of carbonyl (C=O) groups excluding carboxylic acids is 2. The number of primary amides is 1. The first-order valence-electron chi connectivity index (χ1n) is 9.58. The summed E-state index contributed by atoms with van der Waals surface area (Å²) in [5, 5.41) is 15.7. The van der Waals surface area contributed by atoms with Crippen LogP contribution in [0.4, 0.5) is 4.79 Å². The second kappa shape index (κ2) is 9.90. The van der Waals surface area contributed by atoms with Crippen molar-refractivity contribution in [1.82, 2.24) is 15.6 Å². The zero-order chi connectivity index (χ0) is 22.4. The first-order valence-corrected chi connectivity index (χ1v) is 9.95. The van der Waals surface area contributed by atoms with E-state index in [1.54, 1.807) is 48.5 Å². The molecule has 0 fully saturated rings. The zero-order valence-corrected chi connectivity index (χ0v) is 17.2. The van der Waals surface area contributed by atoms with Gasteiger partial charge in [-0.05, 0) is 37.1 Å². The largest absolute Gasteiger partial charge is 0.480 e. The molecule has 0 bridgehead atoms. The van der Waals surface area contributed by atoms with Crippen LogP contribution in [0.2, 0.25) is 5.02 Å². The van der Waals surface area contributed by atoms with Crippen LogP contribution in [0.1, 0.15) is 23.2 Å². The number of rotatable bonds is 8. The molecular weight excluding hydrogens is 420 g/mol. The van der Waals surface area contributed by atoms with Crippen molar-refractivity contribution in [2.24, 2.45) is 5.73 Å². The number of fused-ring (bicyclic) bond motifs is 1. The number of benzene rings is 2. The summed E-state index contributed by atoms with van der Waals surface area (Å²) in [4.78, 5) is 40.0. The van der Waals surface area contributed by atoms with Crippen molar-refractivity contribution in [3.8, 4) is 11.3 Å². The van der Waals surface area contributed by atoms with Crippen LogP contribution < -0.4 is 16.4 Å². The average Bonchev–Trinajstić information content (AvgIpc) is 2.75. The minimum Gasteiger partial charge on any atom is -0.480 e. The minimum absolute atomic E-state index is 0.133. The van der Waals surface area contributed by atoms with Gasteiger partial charge in [-0.25, -0.2) is 14.6 Å². The number of halogens is 1. The van der Waals surface area contributed by atoms with E-state index in [1.807, 2.05) is 6.07 Å². The van der Waals surface area contributed by atoms with Gasteiger partial charge >= 0.3 is 12.0 Å². The van der Waals surface area contributed by atoms with E-state index < -0.39 is 23.9 Å². The number of nitrogens with one attached hydrogen (secondary N) is 2. The highest BCUT2D eigenvalue weighted by atomic mass is 35.5. The number of hydrogen-bond acceptors (Lipinski definition) is 4. The summed E-state index contributed by atoms with van der Waals surface area (Å²) in [7, 11) is 0. The lowest BCUT2D eigenvalue weighted by Crippen LogP contribution is -2.41. The number of carboxylic acids is 1. The molecule has 5 N–H and O–H groups in total. The molecule has 8 nitrogen and oxygen atoms in total. The molecule has 1 aromatic heterocycles. The molecule has 0 spiro atoms. The Hall–Kier alpha value is -3.65. The maximum atomic E-state index is 13.0. The number of aliphatic carboxylic acids is 1. The second-order valence-electron chi connectivity index (χ2n) is 6.88. The van der Waals surface area contributed by atoms with Gasteiger partial charge in [-0.2, -0.15) is 0 Å². The maximum Gasteiger partial charge on any atom is 0.326 e. The van der Waals surface area contributed by atoms with Crippen LogP contribution in [0.3, 0.4) is 0 Å². The molecule has 0 saturated carbocycles. The van der Waals surface area contributed by atoms with E-state index in [4.69, 9.17) is 17.3 Å². The van der Waals surface area contributed by atoms with E-state index in [2.05, 4.69) is 15.6 Å². The number of pyridine rings is 1. The summed E-state index contributed by atoms with van der Waals surface area (Å²) in [6.45, 7) is 0.216. The fourth-order valence-electron chi connectivity index (χ4n) is 3.14. The Bertz CT molecular complexity index is 1120. The van der Waals surface area contributed by atoms with Crippen molar-refractivity contribution in [3.63, 3.8) is 0 Å². The molecule has 31 heavy (non-hydrogen) atoms. The van der Waals surface area contributed by atoms with Gasteiger partial charge < -0.3 is 21.5 Å². The Balaban J connectivity index is 1.88. The molecule has 0 radical (unpaired) electrons. The first-order chi connectivity index (χ1) is 14.8. The van der Waals surface area contributed by atoms with Crippen LogP contribution in [-0.2, 0) is 4.79 Å². The lowest BCUT2D eigenvalue weighted by molar-refractivity contribution is -0.139. The third-order valence-corrected chi connectivity index (χ3v) is 4.92. The maximum absolute atomic E-state index is 13.0. The van der Waals surface area contributed by atoms with Gasteiger partial charge in [-0.3, -0.25) is 4.79 Å². The zero-order valence-electron chi connectivity index (χ0n) is 16.5. The van der Waals surface area contributed by atoms with Crippen LogP contribution >= 0.6 is 11.6 Å². The number of carbonyl (C=O) groups is 3. The number of aromatic nitrogens is 1. The molecule has 9 heteroatoms. The van der Waals surface area contributed by atoms with E-state index >= 15 is 0 Å². The Morgan fingerprint density at radius 3 is 2.48 bits per heavy atom. The Morgan fingerprint density at radius 2 is 1.81 bits per heavy atom. The molecule has 1 heterocycles. The molecule has 0 aliphatic heterocycles. The van der Waals surface area contributed by atoms with E-state index in [9.17, 15) is 19.5 Å². The third kappa shape index (κ3) is 5.70. The molecule has 3 amide bonds. The van der Waals surface area contributed by atoms with E-state index in [0.29, 0.717) is 33.6 Å². The standard InChI is InChI=1S/C22H21ClN4O4/c23-14-9-7-13(8-10-14)19-12-16(15-4-1-2-5-17(15)26-19)20(28)27-18(21(29)30)6-3-11-25-22(24)31/h1-2,4-5,7-10,12,18H,3,6,11H2,(H,27,28)(H,29,30)(H3,24,25,31)/t18-/m0/s1. The molecule has 160 valence electrons. The smallest absolute Gasteiger partial charge is 0.326 e. The molecule has 3 rings (SSSR count). The van der Waals surface area contributed by atoms with Gasteiger partial charge in [0.25, 0.3) is 5.91 Å². The third-order valence-electron chi connectivity index (χ3n) is 4.67. The SMILES string of the molecule is NC(=O)NCCC[C@H](NC(=O)c1cc(-c2ccc(Cl)cc2)nc2ccccc12)C(=O)O. The molecule has 3 aromatic rings. The number of hydrogen-bond donors (Lipinski definition) is 4. The number of para-hydroxylation sites is 1. The van der Waals surface area contributed by atoms with E-state index in [1.165, 1.54) is 0 Å². The number of nitrogens with two attached hydrogens (primary N) is 1. The number of carboxylic acid groups (broad SMARTS) is 1. The van der Waals surface area contributed by atoms with Gasteiger partial charge in [0.05, 0.1) is 16.8 Å². The molecule has 0 aliphatic rings. The van der Waals surface area contributed by atoms with Gasteiger partial charge in [0, 0.05) is 22.5 Å². The normalized spacial score (nSPS) is 11.6. The second-order valence-corrected chi connectivity index (χ2v) is 7.31. The highest BCUT2D eigenvalue weighted by Crippen LogP contribution is 2.26. The van der Waals surface area contributed by atoms with Gasteiger partial charge in [-0.15, -0.1) is 0 Å². The number of urea groups is 1. The Kier molecular flexibility index (Phi) is 7.04. The van der Waals surface area contributed by atoms with Crippen molar-refractivity contribution < 1.29 is 19.5 Å². The van der Waals surface area contributed by atoms with Crippen LogP contribution in [0.5, 0.6) is 0 Å². The average molecular weight is 441 g/mol. The first kappa shape index (κ1) is 22.0. The molecule has 2 aromatic carbocycles.